The first kappa shape index (κ1) is 16.3. The Kier molecular flexibility index (Phi) is 5.01. The van der Waals surface area contributed by atoms with Gasteiger partial charge in [-0.1, -0.05) is 0 Å². The summed E-state index contributed by atoms with van der Waals surface area (Å²) in [7, 11) is 0. The van der Waals surface area contributed by atoms with Crippen molar-refractivity contribution >= 4 is 45.8 Å². The minimum atomic E-state index is -1.73. The average Bonchev–Trinajstić information content (AvgIpc) is 2.50. The fourth-order valence-corrected chi connectivity index (χ4v) is 1.88. The van der Waals surface area contributed by atoms with Crippen molar-refractivity contribution < 1.29 is 22.8 Å². The van der Waals surface area contributed by atoms with Gasteiger partial charge in [0.05, 0.1) is 5.69 Å². The molecule has 2 amide bonds. The number of hydrogen-bond acceptors (Lipinski definition) is 2. The van der Waals surface area contributed by atoms with E-state index in [1.54, 1.807) is 24.3 Å². The fraction of sp³-hybridized carbons (Fsp3) is 0. The van der Waals surface area contributed by atoms with Gasteiger partial charge in [-0.25, -0.2) is 13.2 Å². The molecule has 22 heavy (non-hydrogen) atoms. The maximum absolute atomic E-state index is 13.4. The normalized spacial score (nSPS) is 10.2. The summed E-state index contributed by atoms with van der Waals surface area (Å²) in [5.74, 6) is -6.96. The second kappa shape index (κ2) is 6.77. The zero-order chi connectivity index (χ0) is 16.3. The third-order valence-electron chi connectivity index (χ3n) is 2.59. The monoisotopic (exact) mass is 420 g/mol. The van der Waals surface area contributed by atoms with E-state index < -0.39 is 35.0 Å². The number of nitrogens with one attached hydrogen (secondary N) is 2. The van der Waals surface area contributed by atoms with E-state index in [-0.39, 0.29) is 0 Å². The summed E-state index contributed by atoms with van der Waals surface area (Å²) in [6.45, 7) is 0. The number of carbonyl (C=O) groups excluding carboxylic acids is 2. The molecule has 0 aliphatic heterocycles. The highest BCUT2D eigenvalue weighted by Gasteiger charge is 2.19. The van der Waals surface area contributed by atoms with Gasteiger partial charge in [0.2, 0.25) is 0 Å². The van der Waals surface area contributed by atoms with E-state index in [0.717, 1.165) is 9.64 Å². The third kappa shape index (κ3) is 3.75. The summed E-state index contributed by atoms with van der Waals surface area (Å²) >= 11 is 2.07. The second-order valence-corrected chi connectivity index (χ2v) is 5.38. The van der Waals surface area contributed by atoms with Crippen LogP contribution in [0.15, 0.2) is 36.4 Å². The summed E-state index contributed by atoms with van der Waals surface area (Å²) in [5.41, 5.74) is -0.256. The summed E-state index contributed by atoms with van der Waals surface area (Å²) in [6, 6.07) is 8.04. The molecule has 0 radical (unpaired) electrons. The molecule has 8 heteroatoms. The van der Waals surface area contributed by atoms with Gasteiger partial charge in [-0.2, -0.15) is 0 Å². The lowest BCUT2D eigenvalue weighted by atomic mass is 10.2. The van der Waals surface area contributed by atoms with Crippen LogP contribution < -0.4 is 10.6 Å². The second-order valence-electron chi connectivity index (χ2n) is 4.14. The lowest BCUT2D eigenvalue weighted by Crippen LogP contribution is -2.29. The quantitative estimate of drug-likeness (QED) is 0.445. The van der Waals surface area contributed by atoms with Crippen LogP contribution in [0.1, 0.15) is 0 Å². The van der Waals surface area contributed by atoms with Crippen LogP contribution in [0, 0.1) is 21.0 Å². The Morgan fingerprint density at radius 1 is 0.818 bits per heavy atom. The molecule has 0 fully saturated rings. The van der Waals surface area contributed by atoms with Crippen LogP contribution in [-0.2, 0) is 9.59 Å². The number of halogens is 4. The first-order valence-electron chi connectivity index (χ1n) is 5.90. The van der Waals surface area contributed by atoms with Crippen LogP contribution in [0.4, 0.5) is 24.5 Å². The largest absolute Gasteiger partial charge is 0.318 e. The Bertz CT molecular complexity index is 736. The number of rotatable bonds is 2. The smallest absolute Gasteiger partial charge is 0.314 e. The molecule has 0 spiro atoms. The summed E-state index contributed by atoms with van der Waals surface area (Å²) in [6.07, 6.45) is 0. The topological polar surface area (TPSA) is 58.2 Å². The van der Waals surface area contributed by atoms with Gasteiger partial charge in [-0.15, -0.1) is 0 Å². The van der Waals surface area contributed by atoms with Crippen molar-refractivity contribution in [3.05, 3.63) is 57.4 Å². The van der Waals surface area contributed by atoms with E-state index in [9.17, 15) is 22.8 Å². The van der Waals surface area contributed by atoms with E-state index >= 15 is 0 Å². The molecule has 2 N–H and O–H groups in total. The lowest BCUT2D eigenvalue weighted by molar-refractivity contribution is -0.133. The number of carbonyl (C=O) groups is 2. The maximum atomic E-state index is 13.4. The minimum absolute atomic E-state index is 0.367. The van der Waals surface area contributed by atoms with Crippen molar-refractivity contribution in [2.24, 2.45) is 0 Å². The molecule has 114 valence electrons. The first-order chi connectivity index (χ1) is 10.4. The SMILES string of the molecule is O=C(Nc1ccc(I)cc1)C(=O)Nc1ccc(F)c(F)c1F. The fourth-order valence-electron chi connectivity index (χ4n) is 1.52. The van der Waals surface area contributed by atoms with Gasteiger partial charge in [0.25, 0.3) is 0 Å². The maximum Gasteiger partial charge on any atom is 0.314 e. The molecule has 0 aliphatic carbocycles. The van der Waals surface area contributed by atoms with Crippen molar-refractivity contribution in [1.29, 1.82) is 0 Å². The number of hydrogen-bond donors (Lipinski definition) is 2. The van der Waals surface area contributed by atoms with Gasteiger partial charge >= 0.3 is 11.8 Å². The minimum Gasteiger partial charge on any atom is -0.318 e. The van der Waals surface area contributed by atoms with Crippen molar-refractivity contribution in [1.82, 2.24) is 0 Å². The van der Waals surface area contributed by atoms with Crippen LogP contribution in [0.2, 0.25) is 0 Å². The highest BCUT2D eigenvalue weighted by molar-refractivity contribution is 14.1. The van der Waals surface area contributed by atoms with Crippen molar-refractivity contribution in [3.8, 4) is 0 Å². The van der Waals surface area contributed by atoms with Crippen LogP contribution in [-0.4, -0.2) is 11.8 Å². The predicted molar refractivity (Wildman–Crippen MR) is 82.7 cm³/mol. The van der Waals surface area contributed by atoms with Gasteiger partial charge in [-0.3, -0.25) is 9.59 Å². The molecule has 4 nitrogen and oxygen atoms in total. The van der Waals surface area contributed by atoms with Gasteiger partial charge < -0.3 is 10.6 Å². The lowest BCUT2D eigenvalue weighted by Gasteiger charge is -2.08. The van der Waals surface area contributed by atoms with Crippen LogP contribution in [0.3, 0.4) is 0 Å². The molecule has 0 heterocycles. The van der Waals surface area contributed by atoms with Crippen LogP contribution in [0.5, 0.6) is 0 Å². The van der Waals surface area contributed by atoms with Crippen molar-refractivity contribution in [3.63, 3.8) is 0 Å². The molecule has 0 unspecified atom stereocenters. The number of anilines is 2. The Morgan fingerprint density at radius 3 is 2.05 bits per heavy atom. The highest BCUT2D eigenvalue weighted by Crippen LogP contribution is 2.19. The van der Waals surface area contributed by atoms with Gasteiger partial charge in [0.15, 0.2) is 17.5 Å². The molecular formula is C14H8F3IN2O2. The van der Waals surface area contributed by atoms with E-state index in [2.05, 4.69) is 27.9 Å². The van der Waals surface area contributed by atoms with E-state index in [1.807, 2.05) is 5.32 Å². The zero-order valence-corrected chi connectivity index (χ0v) is 12.9. The van der Waals surface area contributed by atoms with Crippen LogP contribution >= 0.6 is 22.6 Å². The Hall–Kier alpha value is -2.10. The molecular weight excluding hydrogens is 412 g/mol. The van der Waals surface area contributed by atoms with E-state index in [0.29, 0.717) is 11.8 Å². The molecule has 0 saturated carbocycles. The number of amides is 2. The van der Waals surface area contributed by atoms with E-state index in [1.165, 1.54) is 0 Å². The molecule has 0 bridgehead atoms. The highest BCUT2D eigenvalue weighted by atomic mass is 127. The number of benzene rings is 2. The van der Waals surface area contributed by atoms with Crippen molar-refractivity contribution in [2.75, 3.05) is 10.6 Å². The Morgan fingerprint density at radius 2 is 1.41 bits per heavy atom. The van der Waals surface area contributed by atoms with Gasteiger partial charge in [0.1, 0.15) is 0 Å². The van der Waals surface area contributed by atoms with Crippen molar-refractivity contribution in [2.45, 2.75) is 0 Å². The standard InChI is InChI=1S/C14H8F3IN2O2/c15-9-5-6-10(12(17)11(9)16)20-14(22)13(21)19-8-3-1-7(18)2-4-8/h1-6H,(H,19,21)(H,20,22). The van der Waals surface area contributed by atoms with E-state index in [4.69, 9.17) is 0 Å². The molecule has 0 saturated heterocycles. The summed E-state index contributed by atoms with van der Waals surface area (Å²) in [4.78, 5) is 23.3. The van der Waals surface area contributed by atoms with Gasteiger partial charge in [-0.05, 0) is 59.0 Å². The zero-order valence-electron chi connectivity index (χ0n) is 10.8. The molecule has 0 aromatic heterocycles. The van der Waals surface area contributed by atoms with Gasteiger partial charge in [0, 0.05) is 9.26 Å². The predicted octanol–water partition coefficient (Wildman–Crippen LogP) is 3.29. The molecule has 0 aliphatic rings. The molecule has 2 aromatic carbocycles. The third-order valence-corrected chi connectivity index (χ3v) is 3.31. The Balaban J connectivity index is 2.07. The summed E-state index contributed by atoms with van der Waals surface area (Å²) < 4.78 is 40.1. The molecule has 0 atom stereocenters. The Labute approximate surface area is 136 Å². The summed E-state index contributed by atoms with van der Waals surface area (Å²) in [5, 5.41) is 4.17. The first-order valence-corrected chi connectivity index (χ1v) is 6.97. The average molecular weight is 420 g/mol. The molecule has 2 aromatic rings. The molecule has 2 rings (SSSR count). The van der Waals surface area contributed by atoms with Crippen LogP contribution in [0.25, 0.3) is 0 Å².